The lowest BCUT2D eigenvalue weighted by Crippen LogP contribution is -2.35. The van der Waals surface area contributed by atoms with Gasteiger partial charge in [-0.1, -0.05) is 23.8 Å². The maximum atomic E-state index is 3.52. The third-order valence-electron chi connectivity index (χ3n) is 2.46. The number of hydrogen-bond donors (Lipinski definition) is 1. The van der Waals surface area contributed by atoms with Crippen molar-refractivity contribution in [2.75, 3.05) is 5.75 Å². The Labute approximate surface area is 116 Å². The molecule has 0 fully saturated rings. The van der Waals surface area contributed by atoms with E-state index < -0.39 is 0 Å². The molecule has 2 heteroatoms. The Morgan fingerprint density at radius 2 is 2.00 bits per heavy atom. The summed E-state index contributed by atoms with van der Waals surface area (Å²) in [5.74, 6) is 1.05. The first-order valence-electron chi connectivity index (χ1n) is 6.47. The van der Waals surface area contributed by atoms with E-state index in [0.29, 0.717) is 0 Å². The number of benzene rings is 1. The second kappa shape index (κ2) is 7.01. The molecule has 0 radical (unpaired) electrons. The first-order valence-corrected chi connectivity index (χ1v) is 7.45. The smallest absolute Gasteiger partial charge is 0.0210 e. The minimum Gasteiger partial charge on any atom is -0.308 e. The molecule has 0 heterocycles. The zero-order valence-corrected chi connectivity index (χ0v) is 13.0. The SMILES string of the molecule is CC(C)=CCSc1cccc(CNC(C)(C)C)c1. The van der Waals surface area contributed by atoms with E-state index in [0.717, 1.165) is 12.3 Å². The van der Waals surface area contributed by atoms with Crippen LogP contribution in [0.25, 0.3) is 0 Å². The first kappa shape index (κ1) is 15.3. The minimum atomic E-state index is 0.172. The summed E-state index contributed by atoms with van der Waals surface area (Å²) in [6.07, 6.45) is 2.27. The predicted molar refractivity (Wildman–Crippen MR) is 83.2 cm³/mol. The van der Waals surface area contributed by atoms with Gasteiger partial charge in [0.25, 0.3) is 0 Å². The molecule has 0 aliphatic rings. The van der Waals surface area contributed by atoms with Crippen molar-refractivity contribution in [1.29, 1.82) is 0 Å². The molecule has 1 N–H and O–H groups in total. The Bertz CT molecular complexity index is 398. The number of thioether (sulfide) groups is 1. The van der Waals surface area contributed by atoms with Gasteiger partial charge in [-0.2, -0.15) is 0 Å². The molecule has 1 nitrogen and oxygen atoms in total. The molecule has 0 aromatic heterocycles. The second-order valence-electron chi connectivity index (χ2n) is 5.84. The maximum absolute atomic E-state index is 3.52. The second-order valence-corrected chi connectivity index (χ2v) is 6.94. The first-order chi connectivity index (χ1) is 8.37. The molecule has 1 aromatic carbocycles. The molecule has 0 spiro atoms. The summed E-state index contributed by atoms with van der Waals surface area (Å²) < 4.78 is 0. The van der Waals surface area contributed by atoms with Gasteiger partial charge in [-0.25, -0.2) is 0 Å². The van der Waals surface area contributed by atoms with Crippen molar-refractivity contribution in [1.82, 2.24) is 5.32 Å². The topological polar surface area (TPSA) is 12.0 Å². The van der Waals surface area contributed by atoms with Gasteiger partial charge in [-0.3, -0.25) is 0 Å². The van der Waals surface area contributed by atoms with Crippen LogP contribution in [0.1, 0.15) is 40.2 Å². The molecule has 0 amide bonds. The molecule has 0 aliphatic carbocycles. The normalized spacial score (nSPS) is 11.4. The monoisotopic (exact) mass is 263 g/mol. The van der Waals surface area contributed by atoms with E-state index in [4.69, 9.17) is 0 Å². The Morgan fingerprint density at radius 3 is 2.61 bits per heavy atom. The van der Waals surface area contributed by atoms with Gasteiger partial charge in [0.05, 0.1) is 0 Å². The van der Waals surface area contributed by atoms with Crippen molar-refractivity contribution < 1.29 is 0 Å². The van der Waals surface area contributed by atoms with Crippen LogP contribution in [0.4, 0.5) is 0 Å². The standard InChI is InChI=1S/C16H25NS/c1-13(2)9-10-18-15-8-6-7-14(11-15)12-17-16(3,4)5/h6-9,11,17H,10,12H2,1-5H3. The zero-order chi connectivity index (χ0) is 13.6. The van der Waals surface area contributed by atoms with Crippen molar-refractivity contribution in [3.63, 3.8) is 0 Å². The van der Waals surface area contributed by atoms with Crippen LogP contribution in [0.5, 0.6) is 0 Å². The third-order valence-corrected chi connectivity index (χ3v) is 3.38. The van der Waals surface area contributed by atoms with E-state index in [9.17, 15) is 0 Å². The lowest BCUT2D eigenvalue weighted by atomic mass is 10.1. The Kier molecular flexibility index (Phi) is 5.97. The maximum Gasteiger partial charge on any atom is 0.0210 e. The van der Waals surface area contributed by atoms with E-state index in [2.05, 4.69) is 70.3 Å². The largest absolute Gasteiger partial charge is 0.308 e. The number of allylic oxidation sites excluding steroid dienone is 1. The molecule has 0 unspecified atom stereocenters. The van der Waals surface area contributed by atoms with Crippen LogP contribution in [0.15, 0.2) is 40.8 Å². The average Bonchev–Trinajstić information content (AvgIpc) is 2.26. The number of nitrogens with one attached hydrogen (secondary N) is 1. The summed E-state index contributed by atoms with van der Waals surface area (Å²) in [6, 6.07) is 8.79. The van der Waals surface area contributed by atoms with E-state index in [1.807, 2.05) is 11.8 Å². The summed E-state index contributed by atoms with van der Waals surface area (Å²) in [5, 5.41) is 3.52. The predicted octanol–water partition coefficient (Wildman–Crippen LogP) is 4.63. The zero-order valence-electron chi connectivity index (χ0n) is 12.2. The Hall–Kier alpha value is -0.730. The highest BCUT2D eigenvalue weighted by molar-refractivity contribution is 7.99. The number of rotatable bonds is 5. The average molecular weight is 263 g/mol. The highest BCUT2D eigenvalue weighted by Gasteiger charge is 2.08. The van der Waals surface area contributed by atoms with E-state index >= 15 is 0 Å². The summed E-state index contributed by atoms with van der Waals surface area (Å²) in [5.41, 5.74) is 2.91. The molecule has 1 rings (SSSR count). The highest BCUT2D eigenvalue weighted by atomic mass is 32.2. The van der Waals surface area contributed by atoms with Crippen LogP contribution in [-0.2, 0) is 6.54 Å². The van der Waals surface area contributed by atoms with Gasteiger partial charge in [-0.05, 0) is 52.3 Å². The molecular weight excluding hydrogens is 238 g/mol. The van der Waals surface area contributed by atoms with E-state index in [1.165, 1.54) is 16.0 Å². The summed E-state index contributed by atoms with van der Waals surface area (Å²) in [4.78, 5) is 1.35. The van der Waals surface area contributed by atoms with Crippen molar-refractivity contribution in [2.24, 2.45) is 0 Å². The van der Waals surface area contributed by atoms with Crippen molar-refractivity contribution >= 4 is 11.8 Å². The molecule has 100 valence electrons. The molecular formula is C16H25NS. The lowest BCUT2D eigenvalue weighted by molar-refractivity contribution is 0.424. The van der Waals surface area contributed by atoms with Gasteiger partial charge in [-0.15, -0.1) is 11.8 Å². The Morgan fingerprint density at radius 1 is 1.28 bits per heavy atom. The van der Waals surface area contributed by atoms with Crippen LogP contribution in [0, 0.1) is 0 Å². The molecule has 0 atom stereocenters. The van der Waals surface area contributed by atoms with Gasteiger partial charge in [0.15, 0.2) is 0 Å². The molecule has 0 aliphatic heterocycles. The summed E-state index contributed by atoms with van der Waals surface area (Å²) >= 11 is 1.89. The van der Waals surface area contributed by atoms with Crippen LogP contribution >= 0.6 is 11.8 Å². The molecule has 0 bridgehead atoms. The quantitative estimate of drug-likeness (QED) is 0.614. The van der Waals surface area contributed by atoms with Crippen molar-refractivity contribution in [2.45, 2.75) is 51.6 Å². The van der Waals surface area contributed by atoms with Crippen LogP contribution in [-0.4, -0.2) is 11.3 Å². The molecule has 18 heavy (non-hydrogen) atoms. The highest BCUT2D eigenvalue weighted by Crippen LogP contribution is 2.20. The molecule has 1 aromatic rings. The van der Waals surface area contributed by atoms with Crippen LogP contribution < -0.4 is 5.32 Å². The van der Waals surface area contributed by atoms with E-state index in [1.54, 1.807) is 0 Å². The number of hydrogen-bond acceptors (Lipinski definition) is 2. The fourth-order valence-electron chi connectivity index (χ4n) is 1.42. The fraction of sp³-hybridized carbons (Fsp3) is 0.500. The van der Waals surface area contributed by atoms with Gasteiger partial charge in [0.1, 0.15) is 0 Å². The minimum absolute atomic E-state index is 0.172. The Balaban J connectivity index is 2.54. The molecule has 0 saturated carbocycles. The van der Waals surface area contributed by atoms with Crippen molar-refractivity contribution in [3.05, 3.63) is 41.5 Å². The third kappa shape index (κ3) is 6.87. The van der Waals surface area contributed by atoms with Crippen molar-refractivity contribution in [3.8, 4) is 0 Å². The van der Waals surface area contributed by atoms with E-state index in [-0.39, 0.29) is 5.54 Å². The molecule has 0 saturated heterocycles. The van der Waals surface area contributed by atoms with Gasteiger partial charge in [0, 0.05) is 22.7 Å². The lowest BCUT2D eigenvalue weighted by Gasteiger charge is -2.20. The fourth-order valence-corrected chi connectivity index (χ4v) is 2.44. The van der Waals surface area contributed by atoms with Crippen LogP contribution in [0.2, 0.25) is 0 Å². The summed E-state index contributed by atoms with van der Waals surface area (Å²) in [7, 11) is 0. The van der Waals surface area contributed by atoms with Gasteiger partial charge >= 0.3 is 0 Å². The van der Waals surface area contributed by atoms with Gasteiger partial charge in [0.2, 0.25) is 0 Å². The van der Waals surface area contributed by atoms with Crippen LogP contribution in [0.3, 0.4) is 0 Å². The van der Waals surface area contributed by atoms with Gasteiger partial charge < -0.3 is 5.32 Å². The summed E-state index contributed by atoms with van der Waals surface area (Å²) in [6.45, 7) is 11.8.